The molecule has 0 aliphatic carbocycles. The summed E-state index contributed by atoms with van der Waals surface area (Å²) in [6.45, 7) is 0.487. The van der Waals surface area contributed by atoms with Crippen LogP contribution in [0.5, 0.6) is 5.75 Å². The van der Waals surface area contributed by atoms with E-state index >= 15 is 0 Å². The van der Waals surface area contributed by atoms with E-state index in [1.807, 2.05) is 65.6 Å². The maximum Gasteiger partial charge on any atom is 0.237 e. The van der Waals surface area contributed by atoms with Gasteiger partial charge in [-0.2, -0.15) is 0 Å². The number of thioether (sulfide) groups is 2. The van der Waals surface area contributed by atoms with Crippen molar-refractivity contribution in [2.45, 2.75) is 22.1 Å². The molecule has 5 rings (SSSR count). The summed E-state index contributed by atoms with van der Waals surface area (Å²) in [5.41, 5.74) is 4.09. The lowest BCUT2D eigenvalue weighted by Crippen LogP contribution is -2.34. The van der Waals surface area contributed by atoms with Gasteiger partial charge in [-0.15, -0.1) is 23.5 Å². The number of anilines is 1. The number of methoxy groups -OCH3 is 1. The van der Waals surface area contributed by atoms with Gasteiger partial charge in [0.25, 0.3) is 0 Å². The Kier molecular flexibility index (Phi) is 6.46. The molecule has 0 saturated carbocycles. The molecule has 2 heterocycles. The van der Waals surface area contributed by atoms with Crippen LogP contribution in [-0.4, -0.2) is 18.8 Å². The van der Waals surface area contributed by atoms with Crippen molar-refractivity contribution in [2.75, 3.05) is 17.8 Å². The first-order valence-corrected chi connectivity index (χ1v) is 12.6. The fourth-order valence-electron chi connectivity index (χ4n) is 3.86. The molecule has 0 saturated heterocycles. The smallest absolute Gasteiger partial charge is 0.237 e. The Morgan fingerprint density at radius 3 is 2.55 bits per heavy atom. The van der Waals surface area contributed by atoms with E-state index in [4.69, 9.17) is 9.15 Å². The van der Waals surface area contributed by atoms with Gasteiger partial charge in [0.15, 0.2) is 0 Å². The second-order valence-electron chi connectivity index (χ2n) is 7.64. The molecule has 0 radical (unpaired) electrons. The first-order valence-electron chi connectivity index (χ1n) is 10.7. The molecular formula is C27H23NO3S2. The molecule has 0 atom stereocenters. The molecule has 0 bridgehead atoms. The molecule has 3 aromatic carbocycles. The SMILES string of the molecule is COc1ccc(-c2occ(CN3C(=O)CSc4ccccc43)c2CSc2ccccc2)cc1. The predicted molar refractivity (Wildman–Crippen MR) is 135 cm³/mol. The minimum absolute atomic E-state index is 0.118. The monoisotopic (exact) mass is 473 g/mol. The highest BCUT2D eigenvalue weighted by molar-refractivity contribution is 8.00. The number of rotatable bonds is 7. The van der Waals surface area contributed by atoms with Crippen LogP contribution in [0.15, 0.2) is 99.3 Å². The molecule has 1 aliphatic rings. The quantitative estimate of drug-likeness (QED) is 0.274. The Hall–Kier alpha value is -3.09. The third-order valence-electron chi connectivity index (χ3n) is 5.60. The van der Waals surface area contributed by atoms with Crippen LogP contribution in [0.3, 0.4) is 0 Å². The minimum atomic E-state index is 0.118. The fourth-order valence-corrected chi connectivity index (χ4v) is 5.78. The largest absolute Gasteiger partial charge is 0.497 e. The van der Waals surface area contributed by atoms with Crippen LogP contribution in [0.4, 0.5) is 5.69 Å². The van der Waals surface area contributed by atoms with Crippen molar-refractivity contribution in [1.82, 2.24) is 0 Å². The lowest BCUT2D eigenvalue weighted by Gasteiger charge is -2.28. The van der Waals surface area contributed by atoms with Crippen molar-refractivity contribution < 1.29 is 13.9 Å². The Morgan fingerprint density at radius 2 is 1.76 bits per heavy atom. The number of fused-ring (bicyclic) bond motifs is 1. The van der Waals surface area contributed by atoms with Crippen LogP contribution in [0.2, 0.25) is 0 Å². The van der Waals surface area contributed by atoms with Crippen molar-refractivity contribution in [2.24, 2.45) is 0 Å². The third-order valence-corrected chi connectivity index (χ3v) is 7.68. The van der Waals surface area contributed by atoms with Crippen LogP contribution in [0.25, 0.3) is 11.3 Å². The standard InChI is InChI=1S/C27H23NO3S2/c1-30-21-13-11-19(12-14-21)27-23(17-32-22-7-3-2-4-8-22)20(16-31-27)15-28-24-9-5-6-10-25(24)33-18-26(28)29/h2-14,16H,15,17-18H2,1H3. The van der Waals surface area contributed by atoms with Gasteiger partial charge >= 0.3 is 0 Å². The number of hydrogen-bond donors (Lipinski definition) is 0. The van der Waals surface area contributed by atoms with Gasteiger partial charge in [0.05, 0.1) is 31.4 Å². The summed E-state index contributed by atoms with van der Waals surface area (Å²) in [6.07, 6.45) is 1.80. The number of hydrogen-bond acceptors (Lipinski definition) is 5. The normalized spacial score (nSPS) is 13.1. The van der Waals surface area contributed by atoms with Crippen LogP contribution in [-0.2, 0) is 17.1 Å². The molecule has 4 aromatic rings. The van der Waals surface area contributed by atoms with Gasteiger partial charge in [0.1, 0.15) is 11.5 Å². The van der Waals surface area contributed by atoms with E-state index in [1.165, 1.54) is 4.90 Å². The summed E-state index contributed by atoms with van der Waals surface area (Å²) >= 11 is 3.36. The van der Waals surface area contributed by atoms with E-state index in [1.54, 1.807) is 36.9 Å². The topological polar surface area (TPSA) is 42.7 Å². The summed E-state index contributed by atoms with van der Waals surface area (Å²) in [7, 11) is 1.66. The average Bonchev–Trinajstić information content (AvgIpc) is 3.27. The van der Waals surface area contributed by atoms with Crippen molar-refractivity contribution >= 4 is 35.1 Å². The van der Waals surface area contributed by atoms with Crippen molar-refractivity contribution in [3.8, 4) is 17.1 Å². The van der Waals surface area contributed by atoms with E-state index in [0.29, 0.717) is 12.3 Å². The molecule has 0 unspecified atom stereocenters. The van der Waals surface area contributed by atoms with E-state index in [2.05, 4.69) is 18.2 Å². The van der Waals surface area contributed by atoms with Gasteiger partial charge in [-0.3, -0.25) is 4.79 Å². The van der Waals surface area contributed by atoms with Crippen LogP contribution in [0, 0.1) is 0 Å². The summed E-state index contributed by atoms with van der Waals surface area (Å²) in [6, 6.07) is 26.3. The number of nitrogens with zero attached hydrogens (tertiary/aromatic N) is 1. The molecule has 1 aromatic heterocycles. The highest BCUT2D eigenvalue weighted by Gasteiger charge is 2.27. The molecule has 0 fully saturated rings. The Balaban J connectivity index is 1.50. The summed E-state index contributed by atoms with van der Waals surface area (Å²) in [5.74, 6) is 2.96. The molecule has 6 heteroatoms. The van der Waals surface area contributed by atoms with Crippen LogP contribution >= 0.6 is 23.5 Å². The number of benzene rings is 3. The summed E-state index contributed by atoms with van der Waals surface area (Å²) < 4.78 is 11.4. The zero-order chi connectivity index (χ0) is 22.6. The van der Waals surface area contributed by atoms with Gasteiger partial charge < -0.3 is 14.1 Å². The highest BCUT2D eigenvalue weighted by atomic mass is 32.2. The number of carbonyl (C=O) groups is 1. The summed E-state index contributed by atoms with van der Waals surface area (Å²) in [5, 5.41) is 0. The zero-order valence-electron chi connectivity index (χ0n) is 18.2. The molecule has 0 spiro atoms. The molecule has 1 aliphatic heterocycles. The Morgan fingerprint density at radius 1 is 1.00 bits per heavy atom. The first-order chi connectivity index (χ1) is 16.2. The van der Waals surface area contributed by atoms with Crippen molar-refractivity contribution in [3.05, 3.63) is 96.3 Å². The van der Waals surface area contributed by atoms with Gasteiger partial charge in [-0.05, 0) is 48.5 Å². The molecule has 1 amide bonds. The lowest BCUT2D eigenvalue weighted by atomic mass is 10.1. The third kappa shape index (κ3) is 4.68. The average molecular weight is 474 g/mol. The maximum absolute atomic E-state index is 12.9. The van der Waals surface area contributed by atoms with Crippen LogP contribution in [0.1, 0.15) is 11.1 Å². The zero-order valence-corrected chi connectivity index (χ0v) is 19.8. The molecule has 0 N–H and O–H groups in total. The number of furan rings is 1. The Bertz CT molecular complexity index is 1250. The van der Waals surface area contributed by atoms with Gasteiger partial charge in [-0.25, -0.2) is 0 Å². The van der Waals surface area contributed by atoms with Crippen molar-refractivity contribution in [3.63, 3.8) is 0 Å². The highest BCUT2D eigenvalue weighted by Crippen LogP contribution is 2.39. The van der Waals surface area contributed by atoms with E-state index in [-0.39, 0.29) is 5.91 Å². The molecule has 166 valence electrons. The Labute approximate surface area is 201 Å². The van der Waals surface area contributed by atoms with Crippen molar-refractivity contribution in [1.29, 1.82) is 0 Å². The number of amides is 1. The van der Waals surface area contributed by atoms with E-state index in [0.717, 1.165) is 44.5 Å². The maximum atomic E-state index is 12.9. The predicted octanol–water partition coefficient (Wildman–Crippen LogP) is 6.89. The van der Waals surface area contributed by atoms with E-state index < -0.39 is 0 Å². The van der Waals surface area contributed by atoms with Gasteiger partial charge in [-0.1, -0.05) is 30.3 Å². The second-order valence-corrected chi connectivity index (χ2v) is 9.70. The number of para-hydroxylation sites is 1. The molecule has 33 heavy (non-hydrogen) atoms. The minimum Gasteiger partial charge on any atom is -0.497 e. The number of ether oxygens (including phenoxy) is 1. The molecule has 4 nitrogen and oxygen atoms in total. The lowest BCUT2D eigenvalue weighted by molar-refractivity contribution is -0.116. The van der Waals surface area contributed by atoms with Gasteiger partial charge in [0, 0.05) is 32.2 Å². The summed E-state index contributed by atoms with van der Waals surface area (Å²) in [4.78, 5) is 17.1. The van der Waals surface area contributed by atoms with Gasteiger partial charge in [0.2, 0.25) is 5.91 Å². The second kappa shape index (κ2) is 9.81. The molecular weight excluding hydrogens is 450 g/mol. The van der Waals surface area contributed by atoms with E-state index in [9.17, 15) is 4.79 Å². The van der Waals surface area contributed by atoms with Crippen LogP contribution < -0.4 is 9.64 Å². The first kappa shape index (κ1) is 21.7. The fraction of sp³-hybridized carbons (Fsp3) is 0.148. The number of carbonyl (C=O) groups excluding carboxylic acids is 1.